The first-order valence-electron chi connectivity index (χ1n) is 3.99. The minimum Gasteiger partial charge on any atom is -0.286 e. The fourth-order valence-electron chi connectivity index (χ4n) is 1.09. The molecule has 72 valence electrons. The van der Waals surface area contributed by atoms with E-state index in [2.05, 4.69) is 15.2 Å². The van der Waals surface area contributed by atoms with Gasteiger partial charge in [-0.3, -0.25) is 4.79 Å². The van der Waals surface area contributed by atoms with Crippen molar-refractivity contribution < 1.29 is 4.79 Å². The molecule has 0 aliphatic rings. The highest BCUT2D eigenvalue weighted by molar-refractivity contribution is 7.12. The summed E-state index contributed by atoms with van der Waals surface area (Å²) in [6.07, 6.45) is 1.46. The predicted molar refractivity (Wildman–Crippen MR) is 51.3 cm³/mol. The number of hydrogen-bond acceptors (Lipinski definition) is 5. The van der Waals surface area contributed by atoms with Gasteiger partial charge in [0, 0.05) is 7.05 Å². The van der Waals surface area contributed by atoms with E-state index in [0.717, 1.165) is 5.69 Å². The number of nitrogens with zero attached hydrogens (tertiary/aromatic N) is 4. The molecule has 14 heavy (non-hydrogen) atoms. The van der Waals surface area contributed by atoms with Gasteiger partial charge in [0.1, 0.15) is 0 Å². The zero-order valence-electron chi connectivity index (χ0n) is 7.76. The number of carbonyl (C=O) groups excluding carboxylic acids is 1. The van der Waals surface area contributed by atoms with Crippen LogP contribution in [0.2, 0.25) is 0 Å². The largest absolute Gasteiger partial charge is 0.286 e. The Kier molecular flexibility index (Phi) is 2.12. The summed E-state index contributed by atoms with van der Waals surface area (Å²) in [6, 6.07) is 0. The Labute approximate surface area is 84.4 Å². The monoisotopic (exact) mass is 208 g/mol. The Balaban J connectivity index is 2.38. The van der Waals surface area contributed by atoms with Crippen LogP contribution >= 0.6 is 11.3 Å². The van der Waals surface area contributed by atoms with Crippen molar-refractivity contribution in [1.29, 1.82) is 0 Å². The number of thiazole rings is 1. The lowest BCUT2D eigenvalue weighted by molar-refractivity contribution is 0.103. The van der Waals surface area contributed by atoms with Gasteiger partial charge in [-0.1, -0.05) is 0 Å². The molecule has 2 heterocycles. The summed E-state index contributed by atoms with van der Waals surface area (Å²) in [5, 5.41) is 7.79. The smallest absolute Gasteiger partial charge is 0.226 e. The van der Waals surface area contributed by atoms with Crippen LogP contribution in [0.5, 0.6) is 0 Å². The summed E-state index contributed by atoms with van der Waals surface area (Å²) >= 11 is 1.32. The molecule has 0 radical (unpaired) electrons. The second-order valence-corrected chi connectivity index (χ2v) is 3.67. The maximum atomic E-state index is 11.8. The van der Waals surface area contributed by atoms with Crippen molar-refractivity contribution in [3.8, 4) is 0 Å². The lowest BCUT2D eigenvalue weighted by Gasteiger charge is -1.91. The third-order valence-corrected chi connectivity index (χ3v) is 2.71. The zero-order chi connectivity index (χ0) is 10.1. The Morgan fingerprint density at radius 3 is 2.86 bits per heavy atom. The van der Waals surface area contributed by atoms with Crippen LogP contribution in [0.3, 0.4) is 0 Å². The molecule has 0 aliphatic heterocycles. The SMILES string of the molecule is Cc1ncsc1C(=O)c1cnn(C)n1. The van der Waals surface area contributed by atoms with Crippen LogP contribution in [0.15, 0.2) is 11.7 Å². The Morgan fingerprint density at radius 2 is 2.36 bits per heavy atom. The van der Waals surface area contributed by atoms with Gasteiger partial charge < -0.3 is 0 Å². The quantitative estimate of drug-likeness (QED) is 0.685. The Hall–Kier alpha value is -1.56. The van der Waals surface area contributed by atoms with Crippen molar-refractivity contribution in [2.45, 2.75) is 6.92 Å². The second-order valence-electron chi connectivity index (χ2n) is 2.82. The van der Waals surface area contributed by atoms with Crippen LogP contribution in [-0.2, 0) is 7.05 Å². The van der Waals surface area contributed by atoms with Crippen LogP contribution in [0, 0.1) is 6.92 Å². The molecule has 0 spiro atoms. The number of ketones is 1. The maximum Gasteiger partial charge on any atom is 0.226 e. The Bertz CT molecular complexity index is 473. The average molecular weight is 208 g/mol. The fourth-order valence-corrected chi connectivity index (χ4v) is 1.84. The highest BCUT2D eigenvalue weighted by atomic mass is 32.1. The second kappa shape index (κ2) is 3.30. The molecular weight excluding hydrogens is 200 g/mol. The molecule has 0 saturated carbocycles. The van der Waals surface area contributed by atoms with Crippen LogP contribution in [0.1, 0.15) is 21.1 Å². The summed E-state index contributed by atoms with van der Waals surface area (Å²) in [4.78, 5) is 17.8. The summed E-state index contributed by atoms with van der Waals surface area (Å²) in [5.41, 5.74) is 2.75. The summed E-state index contributed by atoms with van der Waals surface area (Å²) in [6.45, 7) is 1.81. The number of aryl methyl sites for hydroxylation is 2. The van der Waals surface area contributed by atoms with Gasteiger partial charge in [-0.25, -0.2) is 4.98 Å². The predicted octanol–water partition coefficient (Wildman–Crippen LogP) is 0.811. The number of aromatic nitrogens is 4. The molecule has 0 saturated heterocycles. The first-order valence-corrected chi connectivity index (χ1v) is 4.87. The third kappa shape index (κ3) is 1.44. The van der Waals surface area contributed by atoms with E-state index >= 15 is 0 Å². The van der Waals surface area contributed by atoms with E-state index in [1.54, 1.807) is 19.5 Å². The van der Waals surface area contributed by atoms with Gasteiger partial charge in [-0.15, -0.1) is 11.3 Å². The van der Waals surface area contributed by atoms with Gasteiger partial charge in [-0.05, 0) is 6.92 Å². The standard InChI is InChI=1S/C8H8N4OS/c1-5-8(14-4-9-5)7(13)6-3-10-12(2)11-6/h3-4H,1-2H3. The third-order valence-electron chi connectivity index (χ3n) is 1.78. The average Bonchev–Trinajstić information content (AvgIpc) is 2.73. The molecule has 0 atom stereocenters. The van der Waals surface area contributed by atoms with Gasteiger partial charge in [0.05, 0.1) is 22.3 Å². The van der Waals surface area contributed by atoms with Gasteiger partial charge in [0.2, 0.25) is 5.78 Å². The highest BCUT2D eigenvalue weighted by Crippen LogP contribution is 2.15. The zero-order valence-corrected chi connectivity index (χ0v) is 8.58. The molecule has 0 aliphatic carbocycles. The fraction of sp³-hybridized carbons (Fsp3) is 0.250. The summed E-state index contributed by atoms with van der Waals surface area (Å²) < 4.78 is 0. The van der Waals surface area contributed by atoms with Crippen LogP contribution in [-0.4, -0.2) is 25.8 Å². The lowest BCUT2D eigenvalue weighted by Crippen LogP contribution is -2.03. The van der Waals surface area contributed by atoms with Gasteiger partial charge >= 0.3 is 0 Å². The van der Waals surface area contributed by atoms with E-state index in [1.807, 2.05) is 0 Å². The number of hydrogen-bond donors (Lipinski definition) is 0. The summed E-state index contributed by atoms with van der Waals surface area (Å²) in [7, 11) is 1.68. The van der Waals surface area contributed by atoms with Crippen molar-refractivity contribution in [1.82, 2.24) is 20.0 Å². The first-order chi connectivity index (χ1) is 6.68. The molecule has 0 unspecified atom stereocenters. The van der Waals surface area contributed by atoms with Crippen molar-refractivity contribution in [3.63, 3.8) is 0 Å². The molecule has 0 fully saturated rings. The van der Waals surface area contributed by atoms with Crippen LogP contribution in [0.25, 0.3) is 0 Å². The molecule has 2 aromatic rings. The molecule has 0 N–H and O–H groups in total. The molecule has 0 amide bonds. The number of rotatable bonds is 2. The molecule has 0 bridgehead atoms. The van der Waals surface area contributed by atoms with Gasteiger partial charge in [-0.2, -0.15) is 15.0 Å². The highest BCUT2D eigenvalue weighted by Gasteiger charge is 2.16. The van der Waals surface area contributed by atoms with Gasteiger partial charge in [0.15, 0.2) is 5.69 Å². The van der Waals surface area contributed by atoms with E-state index in [9.17, 15) is 4.79 Å². The number of carbonyl (C=O) groups is 1. The summed E-state index contributed by atoms with van der Waals surface area (Å²) in [5.74, 6) is -0.113. The van der Waals surface area contributed by atoms with Crippen molar-refractivity contribution in [3.05, 3.63) is 28.0 Å². The minimum atomic E-state index is -0.113. The Morgan fingerprint density at radius 1 is 1.57 bits per heavy atom. The first kappa shape index (κ1) is 9.01. The van der Waals surface area contributed by atoms with Crippen molar-refractivity contribution in [2.24, 2.45) is 7.05 Å². The van der Waals surface area contributed by atoms with E-state index < -0.39 is 0 Å². The van der Waals surface area contributed by atoms with Crippen LogP contribution < -0.4 is 0 Å². The van der Waals surface area contributed by atoms with Crippen LogP contribution in [0.4, 0.5) is 0 Å². The van der Waals surface area contributed by atoms with E-state index in [1.165, 1.54) is 22.3 Å². The van der Waals surface area contributed by atoms with E-state index in [-0.39, 0.29) is 5.78 Å². The maximum absolute atomic E-state index is 11.8. The van der Waals surface area contributed by atoms with Gasteiger partial charge in [0.25, 0.3) is 0 Å². The molecule has 2 aromatic heterocycles. The molecule has 5 nitrogen and oxygen atoms in total. The molecule has 0 aromatic carbocycles. The molecule has 2 rings (SSSR count). The minimum absolute atomic E-state index is 0.113. The van der Waals surface area contributed by atoms with E-state index in [0.29, 0.717) is 10.6 Å². The lowest BCUT2D eigenvalue weighted by atomic mass is 10.2. The van der Waals surface area contributed by atoms with Crippen molar-refractivity contribution >= 4 is 17.1 Å². The topological polar surface area (TPSA) is 60.7 Å². The molecular formula is C8H8N4OS. The molecule has 6 heteroatoms. The normalized spacial score (nSPS) is 10.4. The van der Waals surface area contributed by atoms with E-state index in [4.69, 9.17) is 0 Å². The van der Waals surface area contributed by atoms with Crippen molar-refractivity contribution in [2.75, 3.05) is 0 Å².